The highest BCUT2D eigenvalue weighted by Gasteiger charge is 2.20. The Bertz CT molecular complexity index is 1550. The largest absolute Gasteiger partial charge is 0.372 e. The van der Waals surface area contributed by atoms with E-state index >= 15 is 0 Å². The predicted octanol–water partition coefficient (Wildman–Crippen LogP) is 9.87. The number of aryl methyl sites for hydroxylation is 1. The molecule has 0 aromatic heterocycles. The van der Waals surface area contributed by atoms with Crippen molar-refractivity contribution < 1.29 is 0 Å². The first-order valence-corrected chi connectivity index (χ1v) is 15.1. The van der Waals surface area contributed by atoms with Crippen LogP contribution in [0.5, 0.6) is 0 Å². The molecule has 0 saturated carbocycles. The van der Waals surface area contributed by atoms with Crippen molar-refractivity contribution in [2.75, 3.05) is 18.0 Å². The van der Waals surface area contributed by atoms with Crippen LogP contribution in [0.4, 0.5) is 5.69 Å². The molecule has 1 unspecified atom stereocenters. The fourth-order valence-electron chi connectivity index (χ4n) is 5.63. The van der Waals surface area contributed by atoms with Crippen LogP contribution in [0.25, 0.3) is 11.1 Å². The second kappa shape index (κ2) is 13.0. The zero-order valence-electron chi connectivity index (χ0n) is 25.2. The van der Waals surface area contributed by atoms with Gasteiger partial charge in [0.05, 0.1) is 12.3 Å². The number of fused-ring (bicyclic) bond motifs is 1. The van der Waals surface area contributed by atoms with E-state index < -0.39 is 0 Å². The quantitative estimate of drug-likeness (QED) is 0.207. The molecule has 2 heteroatoms. The fourth-order valence-corrected chi connectivity index (χ4v) is 5.63. The molecule has 4 aromatic carbocycles. The topological polar surface area (TPSA) is 15.6 Å². The second-order valence-electron chi connectivity index (χ2n) is 11.0. The molecule has 41 heavy (non-hydrogen) atoms. The highest BCUT2D eigenvalue weighted by Crippen LogP contribution is 2.38. The number of benzene rings is 4. The molecule has 0 amide bonds. The Labute approximate surface area is 246 Å². The van der Waals surface area contributed by atoms with Crippen LogP contribution in [0, 0.1) is 6.92 Å². The summed E-state index contributed by atoms with van der Waals surface area (Å²) in [5.41, 5.74) is 13.5. The normalized spacial score (nSPS) is 15.5. The average Bonchev–Trinajstić information content (AvgIpc) is 3.02. The zero-order valence-corrected chi connectivity index (χ0v) is 25.2. The molecule has 4 aromatic rings. The Hall–Kier alpha value is -4.17. The van der Waals surface area contributed by atoms with Crippen LogP contribution in [0.2, 0.25) is 0 Å². The SMILES string of the molecule is CCC(C)c1ccc(CN=C2C=CC(=C(c3ccc(C)cc3)c3ccc(N(CC)CC)cc3)c3ccccc32)cc1. The summed E-state index contributed by atoms with van der Waals surface area (Å²) in [6.45, 7) is 13.8. The maximum atomic E-state index is 5.09. The summed E-state index contributed by atoms with van der Waals surface area (Å²) in [6, 6.07) is 35.7. The summed E-state index contributed by atoms with van der Waals surface area (Å²) in [7, 11) is 0. The standard InChI is InChI=1S/C39H42N2/c1-6-29(5)31-19-15-30(16-20-31)27-40-38-26-25-37(35-11-9-10-12-36(35)38)39(32-17-13-28(4)14-18-32)33-21-23-34(24-22-33)41(7-2)8-3/h9-26,29H,6-8,27H2,1-5H3. The fraction of sp³-hybridized carbons (Fsp3) is 0.256. The van der Waals surface area contributed by atoms with Crippen LogP contribution < -0.4 is 4.90 Å². The predicted molar refractivity (Wildman–Crippen MR) is 178 cm³/mol. The van der Waals surface area contributed by atoms with Gasteiger partial charge >= 0.3 is 0 Å². The number of hydrogen-bond donors (Lipinski definition) is 0. The number of hydrogen-bond acceptors (Lipinski definition) is 2. The minimum atomic E-state index is 0.588. The van der Waals surface area contributed by atoms with Gasteiger partial charge in [0.25, 0.3) is 0 Å². The third kappa shape index (κ3) is 6.28. The van der Waals surface area contributed by atoms with Gasteiger partial charge < -0.3 is 4.90 Å². The number of nitrogens with zero attached hydrogens (tertiary/aromatic N) is 2. The van der Waals surface area contributed by atoms with Crippen molar-refractivity contribution in [3.8, 4) is 0 Å². The lowest BCUT2D eigenvalue weighted by molar-refractivity contribution is 0.733. The van der Waals surface area contributed by atoms with Gasteiger partial charge in [0.15, 0.2) is 0 Å². The smallest absolute Gasteiger partial charge is 0.0657 e. The van der Waals surface area contributed by atoms with E-state index in [1.807, 2.05) is 0 Å². The first kappa shape index (κ1) is 28.4. The molecular weight excluding hydrogens is 496 g/mol. The molecule has 1 aliphatic carbocycles. The van der Waals surface area contributed by atoms with Gasteiger partial charge in [0.2, 0.25) is 0 Å². The van der Waals surface area contributed by atoms with E-state index in [1.165, 1.54) is 55.8 Å². The Morgan fingerprint density at radius 3 is 1.93 bits per heavy atom. The van der Waals surface area contributed by atoms with E-state index in [0.717, 1.165) is 25.2 Å². The molecule has 0 radical (unpaired) electrons. The Balaban J connectivity index is 1.56. The van der Waals surface area contributed by atoms with E-state index in [4.69, 9.17) is 4.99 Å². The third-order valence-electron chi connectivity index (χ3n) is 8.39. The molecule has 1 aliphatic rings. The van der Waals surface area contributed by atoms with Crippen molar-refractivity contribution >= 4 is 22.5 Å². The van der Waals surface area contributed by atoms with Crippen molar-refractivity contribution in [3.63, 3.8) is 0 Å². The first-order valence-electron chi connectivity index (χ1n) is 15.1. The molecule has 0 saturated heterocycles. The zero-order chi connectivity index (χ0) is 28.8. The Kier molecular flexibility index (Phi) is 8.99. The van der Waals surface area contributed by atoms with Crippen LogP contribution in [0.3, 0.4) is 0 Å². The Morgan fingerprint density at radius 2 is 1.32 bits per heavy atom. The first-order chi connectivity index (χ1) is 20.0. The summed E-state index contributed by atoms with van der Waals surface area (Å²) >= 11 is 0. The number of anilines is 1. The molecule has 0 aliphatic heterocycles. The van der Waals surface area contributed by atoms with E-state index in [9.17, 15) is 0 Å². The van der Waals surface area contributed by atoms with Crippen molar-refractivity contribution in [1.29, 1.82) is 0 Å². The lowest BCUT2D eigenvalue weighted by Crippen LogP contribution is -2.21. The lowest BCUT2D eigenvalue weighted by Gasteiger charge is -2.23. The van der Waals surface area contributed by atoms with Crippen LogP contribution in [-0.4, -0.2) is 18.8 Å². The minimum absolute atomic E-state index is 0.588. The van der Waals surface area contributed by atoms with Crippen LogP contribution in [-0.2, 0) is 6.54 Å². The number of aliphatic imine (C=N–C) groups is 1. The van der Waals surface area contributed by atoms with Crippen molar-refractivity contribution in [2.24, 2.45) is 4.99 Å². The van der Waals surface area contributed by atoms with E-state index in [0.29, 0.717) is 12.5 Å². The summed E-state index contributed by atoms with van der Waals surface area (Å²) in [6.07, 6.45) is 5.62. The van der Waals surface area contributed by atoms with Crippen LogP contribution in [0.1, 0.15) is 79.0 Å². The molecule has 208 valence electrons. The Morgan fingerprint density at radius 1 is 0.707 bits per heavy atom. The molecule has 0 spiro atoms. The van der Waals surface area contributed by atoms with Gasteiger partial charge in [-0.05, 0) is 90.3 Å². The van der Waals surface area contributed by atoms with E-state index in [-0.39, 0.29) is 0 Å². The van der Waals surface area contributed by atoms with Gasteiger partial charge in [-0.2, -0.15) is 0 Å². The summed E-state index contributed by atoms with van der Waals surface area (Å²) in [4.78, 5) is 7.48. The molecule has 5 rings (SSSR count). The highest BCUT2D eigenvalue weighted by atomic mass is 15.1. The molecule has 2 nitrogen and oxygen atoms in total. The summed E-state index contributed by atoms with van der Waals surface area (Å²) in [5.74, 6) is 0.588. The van der Waals surface area contributed by atoms with Gasteiger partial charge in [-0.15, -0.1) is 0 Å². The van der Waals surface area contributed by atoms with Crippen molar-refractivity contribution in [2.45, 2.75) is 53.5 Å². The van der Waals surface area contributed by atoms with Crippen LogP contribution >= 0.6 is 0 Å². The van der Waals surface area contributed by atoms with E-state index in [1.54, 1.807) is 0 Å². The maximum Gasteiger partial charge on any atom is 0.0657 e. The van der Waals surface area contributed by atoms with Crippen molar-refractivity contribution in [3.05, 3.63) is 148 Å². The maximum absolute atomic E-state index is 5.09. The monoisotopic (exact) mass is 538 g/mol. The average molecular weight is 539 g/mol. The van der Waals surface area contributed by atoms with Crippen molar-refractivity contribution in [1.82, 2.24) is 0 Å². The summed E-state index contributed by atoms with van der Waals surface area (Å²) in [5, 5.41) is 0. The van der Waals surface area contributed by atoms with Crippen LogP contribution in [0.15, 0.2) is 114 Å². The van der Waals surface area contributed by atoms with Gasteiger partial charge in [-0.25, -0.2) is 0 Å². The van der Waals surface area contributed by atoms with Gasteiger partial charge in [-0.3, -0.25) is 4.99 Å². The molecule has 0 bridgehead atoms. The molecule has 0 fully saturated rings. The molecule has 0 N–H and O–H groups in total. The minimum Gasteiger partial charge on any atom is -0.372 e. The van der Waals surface area contributed by atoms with Gasteiger partial charge in [0, 0.05) is 24.3 Å². The lowest BCUT2D eigenvalue weighted by atomic mass is 9.83. The van der Waals surface area contributed by atoms with Gasteiger partial charge in [0.1, 0.15) is 0 Å². The summed E-state index contributed by atoms with van der Waals surface area (Å²) < 4.78 is 0. The molecule has 1 atom stereocenters. The molecule has 0 heterocycles. The second-order valence-corrected chi connectivity index (χ2v) is 11.0. The highest BCUT2D eigenvalue weighted by molar-refractivity contribution is 6.19. The molecular formula is C39H42N2. The number of rotatable bonds is 9. The third-order valence-corrected chi connectivity index (χ3v) is 8.39. The van der Waals surface area contributed by atoms with Gasteiger partial charge in [-0.1, -0.05) is 110 Å². The number of allylic oxidation sites excluding steroid dienone is 3. The van der Waals surface area contributed by atoms with E-state index in [2.05, 4.69) is 149 Å².